The van der Waals surface area contributed by atoms with Gasteiger partial charge >= 0.3 is 24.0 Å². The Balaban J connectivity index is 1.34. The van der Waals surface area contributed by atoms with Gasteiger partial charge in [-0.15, -0.1) is 0 Å². The van der Waals surface area contributed by atoms with Crippen molar-refractivity contribution in [1.82, 2.24) is 34.9 Å². The Morgan fingerprint density at radius 1 is 1.00 bits per heavy atom. The predicted octanol–water partition coefficient (Wildman–Crippen LogP) is 8.28. The molecule has 6 rings (SSSR count). The van der Waals surface area contributed by atoms with E-state index >= 15 is 0 Å². The van der Waals surface area contributed by atoms with E-state index in [1.165, 1.54) is 10.9 Å². The van der Waals surface area contributed by atoms with Crippen LogP contribution in [-0.4, -0.2) is 72.0 Å². The lowest BCUT2D eigenvalue weighted by molar-refractivity contribution is 0.0292. The molecule has 1 N–H and O–H groups in total. The normalized spacial score (nSPS) is 15.6. The van der Waals surface area contributed by atoms with E-state index in [1.807, 2.05) is 85.7 Å². The van der Waals surface area contributed by atoms with Crippen LogP contribution in [-0.2, 0) is 15.9 Å². The van der Waals surface area contributed by atoms with Crippen LogP contribution in [0.5, 0.6) is 0 Å². The number of amides is 2. The molecule has 53 heavy (non-hydrogen) atoms. The molecule has 2 atom stereocenters. The largest absolute Gasteiger partial charge is 0.444 e. The highest BCUT2D eigenvalue weighted by Gasteiger charge is 2.32. The molecule has 1 aliphatic rings. The third-order valence-corrected chi connectivity index (χ3v) is 9.23. The van der Waals surface area contributed by atoms with Crippen LogP contribution in [0, 0.1) is 6.92 Å². The van der Waals surface area contributed by atoms with Crippen molar-refractivity contribution in [3.63, 3.8) is 0 Å². The van der Waals surface area contributed by atoms with Crippen LogP contribution in [0.25, 0.3) is 33.2 Å². The van der Waals surface area contributed by atoms with E-state index in [1.54, 1.807) is 4.90 Å². The number of fused-ring (bicyclic) bond motifs is 3. The first kappa shape index (κ1) is 37.4. The molecule has 4 heterocycles. The van der Waals surface area contributed by atoms with Crippen molar-refractivity contribution in [2.24, 2.45) is 0 Å². The third-order valence-electron chi connectivity index (χ3n) is 9.23. The first-order valence-electron chi connectivity index (χ1n) is 18.3. The van der Waals surface area contributed by atoms with Gasteiger partial charge < -0.3 is 24.2 Å². The SMILES string of the molecule is CCCCc1noc(C(=O)N[C@H](C)c2ccc(-c3ncnc4c3c3ccc(C5CCN(C(=O)OC(C)(C)C)C5)cc3n4C(=O)OC(C)(C)C)cc2C)n1. The molecule has 1 aliphatic heterocycles. The minimum absolute atomic E-state index is 0.0570. The number of rotatable bonds is 8. The summed E-state index contributed by atoms with van der Waals surface area (Å²) in [6, 6.07) is 11.6. The Labute approximate surface area is 309 Å². The number of benzene rings is 2. The van der Waals surface area contributed by atoms with Crippen LogP contribution >= 0.6 is 0 Å². The second kappa shape index (κ2) is 14.6. The van der Waals surface area contributed by atoms with E-state index in [9.17, 15) is 14.4 Å². The van der Waals surface area contributed by atoms with E-state index in [0.29, 0.717) is 47.6 Å². The standard InChI is InChI=1S/C40H49N7O6/c1-10-11-12-31-44-36(53-45-31)35(48)43-24(3)28-15-14-26(19-23(28)2)33-32-29-16-13-25(27-17-18-46(21-27)37(49)51-39(4,5)6)20-30(29)47(34(32)42-22-41-33)38(50)52-40(7,8)9/h13-16,19-20,22,24,27H,10-12,17-18,21H2,1-9H3,(H,43,48)/t24-,27?/m1/s1. The topological polar surface area (TPSA) is 155 Å². The summed E-state index contributed by atoms with van der Waals surface area (Å²) in [5.74, 6) is 0.0915. The van der Waals surface area contributed by atoms with Gasteiger partial charge in [0.25, 0.3) is 0 Å². The number of nitrogens with one attached hydrogen (secondary N) is 1. The van der Waals surface area contributed by atoms with Crippen LogP contribution in [0.15, 0.2) is 47.2 Å². The average Bonchev–Trinajstić information content (AvgIpc) is 3.83. The number of likely N-dealkylation sites (tertiary alicyclic amines) is 1. The predicted molar refractivity (Wildman–Crippen MR) is 201 cm³/mol. The zero-order valence-corrected chi connectivity index (χ0v) is 32.1. The highest BCUT2D eigenvalue weighted by atomic mass is 16.6. The van der Waals surface area contributed by atoms with Gasteiger partial charge in [0.1, 0.15) is 17.5 Å². The molecule has 2 amide bonds. The maximum Gasteiger partial charge on any atom is 0.420 e. The Hall–Kier alpha value is -5.33. The van der Waals surface area contributed by atoms with Crippen molar-refractivity contribution in [1.29, 1.82) is 0 Å². The molecular weight excluding hydrogens is 674 g/mol. The van der Waals surface area contributed by atoms with Crippen LogP contribution in [0.2, 0.25) is 0 Å². The maximum absolute atomic E-state index is 13.9. The van der Waals surface area contributed by atoms with E-state index in [4.69, 9.17) is 19.0 Å². The number of hydrogen-bond acceptors (Lipinski definition) is 10. The molecule has 0 bridgehead atoms. The number of carbonyl (C=O) groups excluding carboxylic acids is 3. The number of nitrogens with zero attached hydrogens (tertiary/aromatic N) is 6. The van der Waals surface area contributed by atoms with Gasteiger partial charge in [-0.3, -0.25) is 4.79 Å². The molecule has 1 unspecified atom stereocenters. The van der Waals surface area contributed by atoms with Gasteiger partial charge in [0.15, 0.2) is 11.5 Å². The number of aryl methyl sites for hydroxylation is 2. The quantitative estimate of drug-likeness (QED) is 0.165. The lowest BCUT2D eigenvalue weighted by atomic mass is 9.95. The van der Waals surface area contributed by atoms with Crippen molar-refractivity contribution < 1.29 is 28.4 Å². The lowest BCUT2D eigenvalue weighted by Gasteiger charge is -2.24. The summed E-state index contributed by atoms with van der Waals surface area (Å²) in [4.78, 5) is 55.0. The summed E-state index contributed by atoms with van der Waals surface area (Å²) in [5.41, 5.74) is 4.08. The molecule has 0 radical (unpaired) electrons. The van der Waals surface area contributed by atoms with Crippen molar-refractivity contribution in [3.8, 4) is 11.3 Å². The van der Waals surface area contributed by atoms with Gasteiger partial charge in [0.05, 0.1) is 22.6 Å². The fourth-order valence-corrected chi connectivity index (χ4v) is 6.77. The van der Waals surface area contributed by atoms with Crippen LogP contribution in [0.3, 0.4) is 0 Å². The third kappa shape index (κ3) is 8.18. The molecule has 2 aromatic carbocycles. The Bertz CT molecular complexity index is 2170. The monoisotopic (exact) mass is 723 g/mol. The Morgan fingerprint density at radius 3 is 2.43 bits per heavy atom. The molecule has 0 saturated carbocycles. The van der Waals surface area contributed by atoms with E-state index < -0.39 is 23.2 Å². The van der Waals surface area contributed by atoms with Gasteiger partial charge in [-0.1, -0.05) is 42.8 Å². The van der Waals surface area contributed by atoms with Crippen molar-refractivity contribution >= 4 is 40.0 Å². The summed E-state index contributed by atoms with van der Waals surface area (Å²) in [6.07, 6.45) is 3.92. The Kier molecular flexibility index (Phi) is 10.3. The first-order valence-corrected chi connectivity index (χ1v) is 18.3. The van der Waals surface area contributed by atoms with Gasteiger partial charge in [-0.05, 0) is 97.1 Å². The van der Waals surface area contributed by atoms with Crippen LogP contribution in [0.1, 0.15) is 120 Å². The van der Waals surface area contributed by atoms with Gasteiger partial charge in [-0.25, -0.2) is 24.1 Å². The van der Waals surface area contributed by atoms with Crippen molar-refractivity contribution in [2.45, 2.75) is 111 Å². The summed E-state index contributed by atoms with van der Waals surface area (Å²) in [7, 11) is 0. The first-order chi connectivity index (χ1) is 25.0. The average molecular weight is 724 g/mol. The number of aromatic nitrogens is 5. The molecule has 3 aromatic heterocycles. The molecule has 1 saturated heterocycles. The van der Waals surface area contributed by atoms with E-state index in [-0.39, 0.29) is 23.9 Å². The number of ether oxygens (including phenoxy) is 2. The zero-order valence-electron chi connectivity index (χ0n) is 32.1. The molecule has 280 valence electrons. The van der Waals surface area contributed by atoms with E-state index in [2.05, 4.69) is 33.4 Å². The fraction of sp³-hybridized carbons (Fsp3) is 0.475. The number of hydrogen-bond donors (Lipinski definition) is 1. The summed E-state index contributed by atoms with van der Waals surface area (Å²) in [5, 5.41) is 8.41. The number of carbonyl (C=O) groups is 3. The van der Waals surface area contributed by atoms with Crippen molar-refractivity contribution in [3.05, 3.63) is 71.1 Å². The summed E-state index contributed by atoms with van der Waals surface area (Å²) >= 11 is 0. The molecule has 13 nitrogen and oxygen atoms in total. The van der Waals surface area contributed by atoms with Gasteiger partial charge in [0.2, 0.25) is 0 Å². The van der Waals surface area contributed by atoms with Crippen LogP contribution < -0.4 is 5.32 Å². The summed E-state index contributed by atoms with van der Waals surface area (Å²) in [6.45, 7) is 18.1. The molecule has 1 fully saturated rings. The molecule has 5 aromatic rings. The van der Waals surface area contributed by atoms with E-state index in [0.717, 1.165) is 46.9 Å². The second-order valence-electron chi connectivity index (χ2n) is 15.8. The smallest absolute Gasteiger partial charge is 0.420 e. The van der Waals surface area contributed by atoms with Crippen LogP contribution in [0.4, 0.5) is 9.59 Å². The van der Waals surface area contributed by atoms with Gasteiger partial charge in [0, 0.05) is 36.4 Å². The Morgan fingerprint density at radius 2 is 1.74 bits per heavy atom. The minimum Gasteiger partial charge on any atom is -0.444 e. The maximum atomic E-state index is 13.9. The molecule has 0 spiro atoms. The molecular formula is C40H49N7O6. The number of unbranched alkanes of at least 4 members (excludes halogenated alkanes) is 1. The molecule has 13 heteroatoms. The second-order valence-corrected chi connectivity index (χ2v) is 15.8. The lowest BCUT2D eigenvalue weighted by Crippen LogP contribution is -2.35. The summed E-state index contributed by atoms with van der Waals surface area (Å²) < 4.78 is 18.3. The molecule has 0 aliphatic carbocycles. The zero-order chi connectivity index (χ0) is 38.2. The van der Waals surface area contributed by atoms with Crippen molar-refractivity contribution in [2.75, 3.05) is 13.1 Å². The highest BCUT2D eigenvalue weighted by Crippen LogP contribution is 2.38. The fourth-order valence-electron chi connectivity index (χ4n) is 6.77. The minimum atomic E-state index is -0.743. The van der Waals surface area contributed by atoms with Gasteiger partial charge in [-0.2, -0.15) is 4.98 Å². The highest BCUT2D eigenvalue weighted by molar-refractivity contribution is 6.16.